The number of carbonyl (C=O) groups is 1. The lowest BCUT2D eigenvalue weighted by atomic mass is 10.2. The SMILES string of the molecule is CCN1CCN(C(=O)[C@@H](C)Sc2nnc3c4ccccc4n(CC)c3n2)CC1. The van der Waals surface area contributed by atoms with E-state index in [1.807, 2.05) is 24.0 Å². The Morgan fingerprint density at radius 3 is 2.57 bits per heavy atom. The van der Waals surface area contributed by atoms with Gasteiger partial charge in [-0.3, -0.25) is 4.79 Å². The highest BCUT2D eigenvalue weighted by Crippen LogP contribution is 2.28. The zero-order valence-electron chi connectivity index (χ0n) is 16.6. The molecule has 1 aliphatic rings. The molecular weight excluding hydrogens is 372 g/mol. The number of amides is 1. The van der Waals surface area contributed by atoms with Crippen LogP contribution in [0.3, 0.4) is 0 Å². The molecule has 0 unspecified atom stereocenters. The highest BCUT2D eigenvalue weighted by molar-refractivity contribution is 8.00. The maximum atomic E-state index is 12.8. The summed E-state index contributed by atoms with van der Waals surface area (Å²) in [5, 5.41) is 10.1. The summed E-state index contributed by atoms with van der Waals surface area (Å²) in [6, 6.07) is 8.16. The molecule has 0 aliphatic carbocycles. The van der Waals surface area contributed by atoms with Crippen molar-refractivity contribution in [2.75, 3.05) is 32.7 Å². The van der Waals surface area contributed by atoms with Crippen LogP contribution in [-0.4, -0.2) is 73.4 Å². The lowest BCUT2D eigenvalue weighted by Gasteiger charge is -2.35. The fourth-order valence-corrected chi connectivity index (χ4v) is 4.60. The Balaban J connectivity index is 1.54. The highest BCUT2D eigenvalue weighted by atomic mass is 32.2. The summed E-state index contributed by atoms with van der Waals surface area (Å²) >= 11 is 1.39. The molecule has 8 heteroatoms. The summed E-state index contributed by atoms with van der Waals surface area (Å²) in [6.45, 7) is 11.5. The molecule has 4 rings (SSSR count). The fourth-order valence-electron chi connectivity index (χ4n) is 3.81. The normalized spacial score (nSPS) is 16.8. The number of nitrogens with zero attached hydrogens (tertiary/aromatic N) is 6. The van der Waals surface area contributed by atoms with Crippen LogP contribution in [0.25, 0.3) is 22.1 Å². The number of benzene rings is 1. The van der Waals surface area contributed by atoms with Gasteiger partial charge in [0.2, 0.25) is 11.1 Å². The Morgan fingerprint density at radius 2 is 1.86 bits per heavy atom. The first-order valence-corrected chi connectivity index (χ1v) is 10.8. The first-order valence-electron chi connectivity index (χ1n) is 9.91. The van der Waals surface area contributed by atoms with Crippen LogP contribution in [0, 0.1) is 0 Å². The molecule has 0 bridgehead atoms. The molecule has 0 saturated carbocycles. The molecule has 0 radical (unpaired) electrons. The number of piperazine rings is 1. The molecule has 1 fully saturated rings. The minimum Gasteiger partial charge on any atom is -0.339 e. The summed E-state index contributed by atoms with van der Waals surface area (Å²) in [7, 11) is 0. The standard InChI is InChI=1S/C20H26N6OS/c1-4-24-10-12-25(13-11-24)19(27)14(3)28-20-21-18-17(22-23-20)15-8-6-7-9-16(15)26(18)5-2/h6-9,14H,4-5,10-13H2,1-3H3/t14-/m1/s1. The Morgan fingerprint density at radius 1 is 1.11 bits per heavy atom. The number of hydrogen-bond acceptors (Lipinski definition) is 6. The Hall–Kier alpha value is -2.19. The van der Waals surface area contributed by atoms with E-state index in [2.05, 4.69) is 45.6 Å². The molecule has 0 N–H and O–H groups in total. The van der Waals surface area contributed by atoms with Crippen molar-refractivity contribution in [1.29, 1.82) is 0 Å². The summed E-state index contributed by atoms with van der Waals surface area (Å²) in [5.41, 5.74) is 2.76. The van der Waals surface area contributed by atoms with Crippen molar-refractivity contribution in [3.05, 3.63) is 24.3 Å². The number of para-hydroxylation sites is 1. The molecule has 1 aromatic carbocycles. The third-order valence-corrected chi connectivity index (χ3v) is 6.37. The molecule has 148 valence electrons. The van der Waals surface area contributed by atoms with Crippen LogP contribution in [0.4, 0.5) is 0 Å². The zero-order valence-corrected chi connectivity index (χ0v) is 17.4. The molecule has 3 heterocycles. The van der Waals surface area contributed by atoms with Gasteiger partial charge in [-0.2, -0.15) is 0 Å². The monoisotopic (exact) mass is 398 g/mol. The van der Waals surface area contributed by atoms with Crippen molar-refractivity contribution in [3.63, 3.8) is 0 Å². The van der Waals surface area contributed by atoms with Crippen molar-refractivity contribution in [3.8, 4) is 0 Å². The third kappa shape index (κ3) is 3.46. The van der Waals surface area contributed by atoms with Gasteiger partial charge in [0, 0.05) is 38.1 Å². The maximum absolute atomic E-state index is 12.8. The first-order chi connectivity index (χ1) is 13.6. The fraction of sp³-hybridized carbons (Fsp3) is 0.500. The number of thioether (sulfide) groups is 1. The predicted molar refractivity (Wildman–Crippen MR) is 113 cm³/mol. The quantitative estimate of drug-likeness (QED) is 0.616. The second kappa shape index (κ2) is 8.05. The number of carbonyl (C=O) groups excluding carboxylic acids is 1. The van der Waals surface area contributed by atoms with E-state index in [9.17, 15) is 4.79 Å². The van der Waals surface area contributed by atoms with E-state index in [1.165, 1.54) is 11.8 Å². The van der Waals surface area contributed by atoms with Gasteiger partial charge in [0.25, 0.3) is 0 Å². The second-order valence-corrected chi connectivity index (χ2v) is 8.36. The van der Waals surface area contributed by atoms with Crippen molar-refractivity contribution in [1.82, 2.24) is 29.5 Å². The van der Waals surface area contributed by atoms with Gasteiger partial charge in [0.1, 0.15) is 5.52 Å². The van der Waals surface area contributed by atoms with Crippen molar-refractivity contribution >= 4 is 39.7 Å². The molecule has 1 amide bonds. The number of aromatic nitrogens is 4. The topological polar surface area (TPSA) is 67.2 Å². The lowest BCUT2D eigenvalue weighted by Crippen LogP contribution is -2.50. The summed E-state index contributed by atoms with van der Waals surface area (Å²) in [5.74, 6) is 0.153. The van der Waals surface area contributed by atoms with Gasteiger partial charge in [0.15, 0.2) is 5.65 Å². The number of hydrogen-bond donors (Lipinski definition) is 0. The molecule has 0 spiro atoms. The van der Waals surface area contributed by atoms with Crippen LogP contribution in [0.5, 0.6) is 0 Å². The van der Waals surface area contributed by atoms with Crippen molar-refractivity contribution in [2.24, 2.45) is 0 Å². The summed E-state index contributed by atoms with van der Waals surface area (Å²) < 4.78 is 2.15. The van der Waals surface area contributed by atoms with Crippen LogP contribution >= 0.6 is 11.8 Å². The largest absolute Gasteiger partial charge is 0.339 e. The van der Waals surface area contributed by atoms with Crippen LogP contribution < -0.4 is 0 Å². The van der Waals surface area contributed by atoms with Crippen LogP contribution in [0.2, 0.25) is 0 Å². The average Bonchev–Trinajstić information content (AvgIpc) is 3.06. The number of likely N-dealkylation sites (N-methyl/N-ethyl adjacent to an activating group) is 1. The van der Waals surface area contributed by atoms with Crippen molar-refractivity contribution < 1.29 is 4.79 Å². The second-order valence-electron chi connectivity index (χ2n) is 7.05. The minimum absolute atomic E-state index is 0.153. The molecule has 1 saturated heterocycles. The van der Waals surface area contributed by atoms with E-state index in [4.69, 9.17) is 4.98 Å². The van der Waals surface area contributed by atoms with E-state index in [0.29, 0.717) is 5.16 Å². The first kappa shape index (κ1) is 19.1. The summed E-state index contributed by atoms with van der Waals surface area (Å²) in [6.07, 6.45) is 0. The summed E-state index contributed by atoms with van der Waals surface area (Å²) in [4.78, 5) is 21.9. The number of rotatable bonds is 5. The maximum Gasteiger partial charge on any atom is 0.235 e. The van der Waals surface area contributed by atoms with E-state index < -0.39 is 0 Å². The van der Waals surface area contributed by atoms with E-state index in [0.717, 1.165) is 61.3 Å². The lowest BCUT2D eigenvalue weighted by molar-refractivity contribution is -0.132. The highest BCUT2D eigenvalue weighted by Gasteiger charge is 2.26. The van der Waals surface area contributed by atoms with Gasteiger partial charge in [0.05, 0.1) is 10.8 Å². The van der Waals surface area contributed by atoms with E-state index >= 15 is 0 Å². The van der Waals surface area contributed by atoms with Gasteiger partial charge < -0.3 is 14.4 Å². The number of fused-ring (bicyclic) bond motifs is 3. The van der Waals surface area contributed by atoms with Gasteiger partial charge in [-0.05, 0) is 26.5 Å². The molecule has 1 atom stereocenters. The van der Waals surface area contributed by atoms with Gasteiger partial charge in [-0.25, -0.2) is 4.98 Å². The molecule has 2 aromatic heterocycles. The molecule has 3 aromatic rings. The van der Waals surface area contributed by atoms with Crippen LogP contribution in [0.15, 0.2) is 29.4 Å². The third-order valence-electron chi connectivity index (χ3n) is 5.43. The van der Waals surface area contributed by atoms with Crippen LogP contribution in [0.1, 0.15) is 20.8 Å². The Kier molecular flexibility index (Phi) is 5.50. The molecular formula is C20H26N6OS. The average molecular weight is 399 g/mol. The molecule has 28 heavy (non-hydrogen) atoms. The van der Waals surface area contributed by atoms with Gasteiger partial charge in [-0.1, -0.05) is 36.9 Å². The predicted octanol–water partition coefficient (Wildman–Crippen LogP) is 2.64. The van der Waals surface area contributed by atoms with E-state index in [1.54, 1.807) is 0 Å². The van der Waals surface area contributed by atoms with Gasteiger partial charge in [-0.15, -0.1) is 10.2 Å². The van der Waals surface area contributed by atoms with Crippen LogP contribution in [-0.2, 0) is 11.3 Å². The molecule has 7 nitrogen and oxygen atoms in total. The molecule has 1 aliphatic heterocycles. The smallest absolute Gasteiger partial charge is 0.235 e. The number of aryl methyl sites for hydroxylation is 1. The van der Waals surface area contributed by atoms with Crippen molar-refractivity contribution in [2.45, 2.75) is 37.7 Å². The minimum atomic E-state index is -0.230. The van der Waals surface area contributed by atoms with E-state index in [-0.39, 0.29) is 11.2 Å². The Labute approximate surface area is 169 Å². The zero-order chi connectivity index (χ0) is 19.7. The Bertz CT molecular complexity index is 995. The van der Waals surface area contributed by atoms with Gasteiger partial charge >= 0.3 is 0 Å².